The van der Waals surface area contributed by atoms with Crippen LogP contribution in [0, 0.1) is 5.82 Å². The fraction of sp³-hybridized carbons (Fsp3) is 0.417. The van der Waals surface area contributed by atoms with E-state index in [9.17, 15) is 14.3 Å². The lowest BCUT2D eigenvalue weighted by atomic mass is 9.98. The van der Waals surface area contributed by atoms with Crippen molar-refractivity contribution in [1.29, 1.82) is 0 Å². The first kappa shape index (κ1) is 13.9. The van der Waals surface area contributed by atoms with Crippen molar-refractivity contribution in [2.24, 2.45) is 0 Å². The van der Waals surface area contributed by atoms with Gasteiger partial charge in [-0.15, -0.1) is 0 Å². The second-order valence-corrected chi connectivity index (χ2v) is 4.86. The molecule has 3 nitrogen and oxygen atoms in total. The van der Waals surface area contributed by atoms with Crippen LogP contribution < -0.4 is 5.32 Å². The lowest BCUT2D eigenvalue weighted by Gasteiger charge is -2.29. The van der Waals surface area contributed by atoms with Gasteiger partial charge in [-0.2, -0.15) is 0 Å². The van der Waals surface area contributed by atoms with Gasteiger partial charge in [-0.3, -0.25) is 4.79 Å². The first-order valence-corrected chi connectivity index (χ1v) is 5.58. The number of aliphatic hydroxyl groups excluding tert-OH is 1. The Hall–Kier alpha value is -1.13. The summed E-state index contributed by atoms with van der Waals surface area (Å²) < 4.78 is 13.5. The second kappa shape index (κ2) is 5.02. The van der Waals surface area contributed by atoms with E-state index < -0.39 is 23.4 Å². The molecule has 0 aliphatic rings. The average Bonchev–Trinajstić information content (AvgIpc) is 2.15. The minimum Gasteiger partial charge on any atom is -0.391 e. The standard InChI is InChI=1S/C12H15ClFNO2/c1-7(16)12(2,3)15-11(17)10-8(13)5-4-6-9(10)14/h4-7,16H,1-3H3,(H,15,17). The van der Waals surface area contributed by atoms with Crippen LogP contribution in [0.1, 0.15) is 31.1 Å². The highest BCUT2D eigenvalue weighted by atomic mass is 35.5. The highest BCUT2D eigenvalue weighted by Crippen LogP contribution is 2.20. The van der Waals surface area contributed by atoms with Gasteiger partial charge in [0.05, 0.1) is 22.2 Å². The van der Waals surface area contributed by atoms with Crippen LogP contribution in [0.5, 0.6) is 0 Å². The molecular weight excluding hydrogens is 245 g/mol. The van der Waals surface area contributed by atoms with Crippen LogP contribution in [-0.4, -0.2) is 22.7 Å². The molecule has 0 radical (unpaired) electrons. The van der Waals surface area contributed by atoms with E-state index in [0.29, 0.717) is 0 Å². The Morgan fingerprint density at radius 3 is 2.59 bits per heavy atom. The predicted octanol–water partition coefficient (Wildman–Crippen LogP) is 2.37. The maximum Gasteiger partial charge on any atom is 0.256 e. The summed E-state index contributed by atoms with van der Waals surface area (Å²) in [4.78, 5) is 11.9. The second-order valence-electron chi connectivity index (χ2n) is 4.45. The molecule has 0 aromatic heterocycles. The number of rotatable bonds is 3. The Balaban J connectivity index is 2.99. The minimum absolute atomic E-state index is 0.0453. The largest absolute Gasteiger partial charge is 0.391 e. The Morgan fingerprint density at radius 2 is 2.12 bits per heavy atom. The van der Waals surface area contributed by atoms with Crippen molar-refractivity contribution in [3.8, 4) is 0 Å². The van der Waals surface area contributed by atoms with E-state index in [1.807, 2.05) is 0 Å². The van der Waals surface area contributed by atoms with Crippen LogP contribution >= 0.6 is 11.6 Å². The monoisotopic (exact) mass is 259 g/mol. The summed E-state index contributed by atoms with van der Waals surface area (Å²) in [5.74, 6) is -1.32. The molecule has 5 heteroatoms. The van der Waals surface area contributed by atoms with E-state index in [4.69, 9.17) is 11.6 Å². The van der Waals surface area contributed by atoms with E-state index in [1.165, 1.54) is 12.1 Å². The smallest absolute Gasteiger partial charge is 0.256 e. The molecule has 1 aromatic rings. The van der Waals surface area contributed by atoms with Crippen molar-refractivity contribution in [3.63, 3.8) is 0 Å². The molecule has 0 aliphatic carbocycles. The van der Waals surface area contributed by atoms with E-state index in [2.05, 4.69) is 5.32 Å². The third-order valence-corrected chi connectivity index (χ3v) is 2.98. The van der Waals surface area contributed by atoms with Crippen LogP contribution in [0.15, 0.2) is 18.2 Å². The molecule has 1 atom stereocenters. The summed E-state index contributed by atoms with van der Waals surface area (Å²) in [7, 11) is 0. The van der Waals surface area contributed by atoms with E-state index in [1.54, 1.807) is 20.8 Å². The van der Waals surface area contributed by atoms with Crippen molar-refractivity contribution in [2.75, 3.05) is 0 Å². The van der Waals surface area contributed by atoms with Gasteiger partial charge in [0.25, 0.3) is 5.91 Å². The van der Waals surface area contributed by atoms with Gasteiger partial charge in [0.1, 0.15) is 5.82 Å². The van der Waals surface area contributed by atoms with Crippen molar-refractivity contribution in [3.05, 3.63) is 34.6 Å². The molecule has 1 aromatic carbocycles. The molecule has 0 saturated heterocycles. The van der Waals surface area contributed by atoms with Crippen LogP contribution in [0.3, 0.4) is 0 Å². The molecule has 1 unspecified atom stereocenters. The van der Waals surface area contributed by atoms with Gasteiger partial charge >= 0.3 is 0 Å². The zero-order valence-electron chi connectivity index (χ0n) is 9.92. The fourth-order valence-electron chi connectivity index (χ4n) is 1.17. The normalized spacial score (nSPS) is 13.3. The summed E-state index contributed by atoms with van der Waals surface area (Å²) in [6.07, 6.45) is -0.767. The maximum atomic E-state index is 13.5. The van der Waals surface area contributed by atoms with Gasteiger partial charge in [-0.25, -0.2) is 4.39 Å². The molecule has 0 heterocycles. The topological polar surface area (TPSA) is 49.3 Å². The lowest BCUT2D eigenvalue weighted by molar-refractivity contribution is 0.0706. The van der Waals surface area contributed by atoms with Crippen LogP contribution in [0.4, 0.5) is 4.39 Å². The number of hydrogen-bond donors (Lipinski definition) is 2. The summed E-state index contributed by atoms with van der Waals surface area (Å²) in [6.45, 7) is 4.83. The Labute approximate surface area is 105 Å². The summed E-state index contributed by atoms with van der Waals surface area (Å²) in [5.41, 5.74) is -1.06. The molecule has 94 valence electrons. The minimum atomic E-state index is -0.858. The lowest BCUT2D eigenvalue weighted by Crippen LogP contribution is -2.51. The van der Waals surface area contributed by atoms with Gasteiger partial charge in [0.2, 0.25) is 0 Å². The average molecular weight is 260 g/mol. The van der Waals surface area contributed by atoms with Gasteiger partial charge in [-0.1, -0.05) is 17.7 Å². The summed E-state index contributed by atoms with van der Waals surface area (Å²) in [6, 6.07) is 4.03. The number of hydrogen-bond acceptors (Lipinski definition) is 2. The Bertz CT molecular complexity index is 412. The molecule has 1 amide bonds. The molecule has 17 heavy (non-hydrogen) atoms. The Kier molecular flexibility index (Phi) is 4.11. The van der Waals surface area contributed by atoms with Gasteiger partial charge in [0, 0.05) is 0 Å². The molecule has 0 fully saturated rings. The number of nitrogens with one attached hydrogen (secondary N) is 1. The molecular formula is C12H15ClFNO2. The summed E-state index contributed by atoms with van der Waals surface area (Å²) in [5, 5.41) is 12.1. The zero-order chi connectivity index (χ0) is 13.2. The summed E-state index contributed by atoms with van der Waals surface area (Å²) >= 11 is 5.77. The molecule has 2 N–H and O–H groups in total. The fourth-order valence-corrected chi connectivity index (χ4v) is 1.42. The molecule has 0 bridgehead atoms. The van der Waals surface area contributed by atoms with E-state index in [0.717, 1.165) is 6.07 Å². The molecule has 0 spiro atoms. The maximum absolute atomic E-state index is 13.5. The molecule has 1 rings (SSSR count). The number of carbonyl (C=O) groups excluding carboxylic acids is 1. The number of amides is 1. The van der Waals surface area contributed by atoms with Gasteiger partial charge in [-0.05, 0) is 32.9 Å². The number of carbonyl (C=O) groups is 1. The quantitative estimate of drug-likeness (QED) is 0.876. The first-order valence-electron chi connectivity index (χ1n) is 5.20. The van der Waals surface area contributed by atoms with E-state index in [-0.39, 0.29) is 10.6 Å². The van der Waals surface area contributed by atoms with Gasteiger partial charge < -0.3 is 10.4 Å². The number of benzene rings is 1. The van der Waals surface area contributed by atoms with E-state index >= 15 is 0 Å². The highest BCUT2D eigenvalue weighted by Gasteiger charge is 2.28. The SMILES string of the molecule is CC(O)C(C)(C)NC(=O)c1c(F)cccc1Cl. The first-order chi connectivity index (χ1) is 7.75. The molecule has 0 saturated carbocycles. The number of halogens is 2. The van der Waals surface area contributed by atoms with Gasteiger partial charge in [0.15, 0.2) is 0 Å². The third kappa shape index (κ3) is 3.17. The predicted molar refractivity (Wildman–Crippen MR) is 64.6 cm³/mol. The van der Waals surface area contributed by atoms with Crippen LogP contribution in [-0.2, 0) is 0 Å². The van der Waals surface area contributed by atoms with Crippen LogP contribution in [0.2, 0.25) is 5.02 Å². The van der Waals surface area contributed by atoms with Crippen molar-refractivity contribution < 1.29 is 14.3 Å². The third-order valence-electron chi connectivity index (χ3n) is 2.67. The van der Waals surface area contributed by atoms with Crippen molar-refractivity contribution >= 4 is 17.5 Å². The van der Waals surface area contributed by atoms with Crippen LogP contribution in [0.25, 0.3) is 0 Å². The molecule has 0 aliphatic heterocycles. The Morgan fingerprint density at radius 1 is 1.53 bits per heavy atom. The number of aliphatic hydroxyl groups is 1. The van der Waals surface area contributed by atoms with Crippen molar-refractivity contribution in [2.45, 2.75) is 32.4 Å². The van der Waals surface area contributed by atoms with Crippen molar-refractivity contribution in [1.82, 2.24) is 5.32 Å². The highest BCUT2D eigenvalue weighted by molar-refractivity contribution is 6.33. The zero-order valence-corrected chi connectivity index (χ0v) is 10.7.